The molecule has 6 nitrogen and oxygen atoms in total. The number of ether oxygens (including phenoxy) is 1. The van der Waals surface area contributed by atoms with Crippen LogP contribution in [-0.4, -0.2) is 34.4 Å². The van der Waals surface area contributed by atoms with Crippen molar-refractivity contribution in [3.8, 4) is 0 Å². The molecular weight excluding hydrogens is 314 g/mol. The van der Waals surface area contributed by atoms with Crippen LogP contribution in [0.3, 0.4) is 0 Å². The van der Waals surface area contributed by atoms with Crippen molar-refractivity contribution in [3.63, 3.8) is 0 Å². The number of methoxy groups -OCH3 is 1. The van der Waals surface area contributed by atoms with Crippen LogP contribution in [-0.2, 0) is 20.7 Å². The molecule has 1 fully saturated rings. The summed E-state index contributed by atoms with van der Waals surface area (Å²) in [6, 6.07) is -0.138. The Kier molecular flexibility index (Phi) is 4.95. The maximum Gasteiger partial charge on any atom is 0.310 e. The van der Waals surface area contributed by atoms with E-state index in [1.165, 1.54) is 18.4 Å². The number of fused-ring (bicyclic) bond motifs is 1. The Hall–Kier alpha value is -1.89. The SMILES string of the molecule is COC(=O)C1CCCCCC1NC(=O)Cc1cn2ccsc2n1. The number of hydrogen-bond acceptors (Lipinski definition) is 5. The number of aromatic nitrogens is 2. The molecule has 1 N–H and O–H groups in total. The molecule has 0 radical (unpaired) electrons. The van der Waals surface area contributed by atoms with Crippen molar-refractivity contribution in [2.75, 3.05) is 7.11 Å². The van der Waals surface area contributed by atoms with Gasteiger partial charge in [0.1, 0.15) is 0 Å². The lowest BCUT2D eigenvalue weighted by molar-refractivity contribution is -0.147. The molecule has 23 heavy (non-hydrogen) atoms. The van der Waals surface area contributed by atoms with Gasteiger partial charge in [-0.05, 0) is 12.8 Å². The minimum absolute atomic E-state index is 0.0865. The normalized spacial score (nSPS) is 21.8. The van der Waals surface area contributed by atoms with Gasteiger partial charge in [0.25, 0.3) is 0 Å². The molecule has 1 saturated carbocycles. The van der Waals surface area contributed by atoms with Crippen LogP contribution in [0.25, 0.3) is 4.96 Å². The van der Waals surface area contributed by atoms with Crippen LogP contribution < -0.4 is 5.32 Å². The molecule has 0 spiro atoms. The third-order valence-corrected chi connectivity index (χ3v) is 5.12. The monoisotopic (exact) mass is 335 g/mol. The van der Waals surface area contributed by atoms with Gasteiger partial charge in [-0.15, -0.1) is 11.3 Å². The fourth-order valence-corrected chi connectivity index (χ4v) is 3.92. The van der Waals surface area contributed by atoms with Crippen LogP contribution in [0, 0.1) is 5.92 Å². The van der Waals surface area contributed by atoms with E-state index in [1.807, 2.05) is 22.2 Å². The highest BCUT2D eigenvalue weighted by Gasteiger charge is 2.31. The molecule has 1 aliphatic carbocycles. The van der Waals surface area contributed by atoms with Crippen LogP contribution in [0.2, 0.25) is 0 Å². The van der Waals surface area contributed by atoms with E-state index in [-0.39, 0.29) is 30.3 Å². The van der Waals surface area contributed by atoms with Gasteiger partial charge >= 0.3 is 5.97 Å². The number of amides is 1. The highest BCUT2D eigenvalue weighted by molar-refractivity contribution is 7.15. The highest BCUT2D eigenvalue weighted by Crippen LogP contribution is 2.24. The number of nitrogens with one attached hydrogen (secondary N) is 1. The molecule has 2 unspecified atom stereocenters. The third kappa shape index (κ3) is 3.72. The summed E-state index contributed by atoms with van der Waals surface area (Å²) in [5.74, 6) is -0.548. The summed E-state index contributed by atoms with van der Waals surface area (Å²) >= 11 is 1.54. The molecule has 2 atom stereocenters. The van der Waals surface area contributed by atoms with Gasteiger partial charge in [-0.25, -0.2) is 4.98 Å². The smallest absolute Gasteiger partial charge is 0.310 e. The average Bonchev–Trinajstić information content (AvgIpc) is 3.02. The number of carbonyl (C=O) groups excluding carboxylic acids is 2. The predicted octanol–water partition coefficient (Wildman–Crippen LogP) is 2.18. The first kappa shape index (κ1) is 16.0. The molecule has 2 heterocycles. The maximum absolute atomic E-state index is 12.3. The molecule has 0 aliphatic heterocycles. The van der Waals surface area contributed by atoms with Crippen LogP contribution >= 0.6 is 11.3 Å². The molecule has 1 aliphatic rings. The number of hydrogen-bond donors (Lipinski definition) is 1. The lowest BCUT2D eigenvalue weighted by Crippen LogP contribution is -2.43. The Morgan fingerprint density at radius 2 is 2.22 bits per heavy atom. The quantitative estimate of drug-likeness (QED) is 0.686. The number of imidazole rings is 1. The largest absolute Gasteiger partial charge is 0.469 e. The van der Waals surface area contributed by atoms with E-state index in [9.17, 15) is 9.59 Å². The fourth-order valence-electron chi connectivity index (χ4n) is 3.20. The number of nitrogens with zero attached hydrogens (tertiary/aromatic N) is 2. The van der Waals surface area contributed by atoms with E-state index >= 15 is 0 Å². The van der Waals surface area contributed by atoms with Crippen LogP contribution in [0.1, 0.15) is 37.8 Å². The molecule has 1 amide bonds. The topological polar surface area (TPSA) is 72.7 Å². The molecular formula is C16H21N3O3S. The van der Waals surface area contributed by atoms with Gasteiger partial charge < -0.3 is 10.1 Å². The average molecular weight is 335 g/mol. The molecule has 0 saturated heterocycles. The van der Waals surface area contributed by atoms with E-state index in [2.05, 4.69) is 10.3 Å². The molecule has 124 valence electrons. The van der Waals surface area contributed by atoms with E-state index in [0.717, 1.165) is 42.8 Å². The first-order valence-electron chi connectivity index (χ1n) is 7.95. The van der Waals surface area contributed by atoms with Gasteiger partial charge in [-0.1, -0.05) is 19.3 Å². The van der Waals surface area contributed by atoms with Crippen molar-refractivity contribution in [1.82, 2.24) is 14.7 Å². The predicted molar refractivity (Wildman–Crippen MR) is 87.3 cm³/mol. The van der Waals surface area contributed by atoms with E-state index in [1.54, 1.807) is 0 Å². The van der Waals surface area contributed by atoms with Crippen molar-refractivity contribution in [2.24, 2.45) is 5.92 Å². The van der Waals surface area contributed by atoms with Gasteiger partial charge in [0.2, 0.25) is 5.91 Å². The third-order valence-electron chi connectivity index (χ3n) is 4.35. The summed E-state index contributed by atoms with van der Waals surface area (Å²) < 4.78 is 6.81. The first-order valence-corrected chi connectivity index (χ1v) is 8.83. The second-order valence-corrected chi connectivity index (χ2v) is 6.82. The number of carbonyl (C=O) groups is 2. The van der Waals surface area contributed by atoms with E-state index < -0.39 is 0 Å². The highest BCUT2D eigenvalue weighted by atomic mass is 32.1. The van der Waals surface area contributed by atoms with Crippen LogP contribution in [0.4, 0.5) is 0 Å². The van der Waals surface area contributed by atoms with Gasteiger partial charge in [0.05, 0.1) is 25.1 Å². The first-order chi connectivity index (χ1) is 11.2. The summed E-state index contributed by atoms with van der Waals surface area (Å²) in [6.45, 7) is 0. The number of esters is 1. The minimum atomic E-state index is -0.239. The van der Waals surface area contributed by atoms with Crippen molar-refractivity contribution in [3.05, 3.63) is 23.5 Å². The van der Waals surface area contributed by atoms with Crippen LogP contribution in [0.15, 0.2) is 17.8 Å². The van der Waals surface area contributed by atoms with Crippen molar-refractivity contribution >= 4 is 28.2 Å². The summed E-state index contributed by atoms with van der Waals surface area (Å²) in [7, 11) is 1.41. The second kappa shape index (κ2) is 7.12. The summed E-state index contributed by atoms with van der Waals surface area (Å²) in [5.41, 5.74) is 0.748. The summed E-state index contributed by atoms with van der Waals surface area (Å²) in [5, 5.41) is 4.98. The molecule has 2 aromatic heterocycles. The number of thiazole rings is 1. The van der Waals surface area contributed by atoms with Gasteiger partial charge in [-0.2, -0.15) is 0 Å². The molecule has 2 aromatic rings. The fraction of sp³-hybridized carbons (Fsp3) is 0.562. The molecule has 0 bridgehead atoms. The molecule has 0 aromatic carbocycles. The Bertz CT molecular complexity index is 665. The Balaban J connectivity index is 1.64. The summed E-state index contributed by atoms with van der Waals surface area (Å²) in [4.78, 5) is 29.6. The van der Waals surface area contributed by atoms with Gasteiger partial charge in [0.15, 0.2) is 4.96 Å². The Morgan fingerprint density at radius 1 is 1.39 bits per heavy atom. The van der Waals surface area contributed by atoms with Crippen LogP contribution in [0.5, 0.6) is 0 Å². The van der Waals surface area contributed by atoms with Crippen molar-refractivity contribution in [1.29, 1.82) is 0 Å². The number of rotatable bonds is 4. The molecule has 7 heteroatoms. The maximum atomic E-state index is 12.3. The van der Waals surface area contributed by atoms with Crippen molar-refractivity contribution < 1.29 is 14.3 Å². The van der Waals surface area contributed by atoms with Gasteiger partial charge in [0, 0.05) is 23.8 Å². The molecule has 3 rings (SSSR count). The second-order valence-electron chi connectivity index (χ2n) is 5.94. The lowest BCUT2D eigenvalue weighted by Gasteiger charge is -2.24. The van der Waals surface area contributed by atoms with Crippen molar-refractivity contribution in [2.45, 2.75) is 44.6 Å². The minimum Gasteiger partial charge on any atom is -0.469 e. The zero-order valence-electron chi connectivity index (χ0n) is 13.2. The standard InChI is InChI=1S/C16H21N3O3S/c1-22-15(21)12-5-3-2-4-6-13(12)18-14(20)9-11-10-19-7-8-23-16(19)17-11/h7-8,10,12-13H,2-6,9H2,1H3,(H,18,20). The summed E-state index contributed by atoms with van der Waals surface area (Å²) in [6.07, 6.45) is 8.75. The zero-order valence-corrected chi connectivity index (χ0v) is 14.0. The lowest BCUT2D eigenvalue weighted by atomic mass is 9.94. The van der Waals surface area contributed by atoms with Gasteiger partial charge in [-0.3, -0.25) is 14.0 Å². The Labute approximate surface area is 138 Å². The van der Waals surface area contributed by atoms with E-state index in [4.69, 9.17) is 4.74 Å². The Morgan fingerprint density at radius 3 is 3.00 bits per heavy atom. The zero-order chi connectivity index (χ0) is 16.2. The van der Waals surface area contributed by atoms with E-state index in [0.29, 0.717) is 0 Å².